The van der Waals surface area contributed by atoms with Gasteiger partial charge in [-0.1, -0.05) is 0 Å². The normalized spacial score (nSPS) is 35.9. The van der Waals surface area contributed by atoms with Crippen LogP contribution in [-0.4, -0.2) is 54.8 Å². The van der Waals surface area contributed by atoms with Gasteiger partial charge in [-0.15, -0.1) is 0 Å². The molecule has 0 spiro atoms. The van der Waals surface area contributed by atoms with Crippen LogP contribution < -0.4 is 0 Å². The predicted octanol–water partition coefficient (Wildman–Crippen LogP) is 0.526. The van der Waals surface area contributed by atoms with Crippen molar-refractivity contribution in [3.8, 4) is 0 Å². The molecule has 0 aliphatic carbocycles. The summed E-state index contributed by atoms with van der Waals surface area (Å²) in [5.41, 5.74) is 0.823. The van der Waals surface area contributed by atoms with Gasteiger partial charge in [0.15, 0.2) is 0 Å². The number of rotatable bonds is 0. The average Bonchev–Trinajstić information content (AvgIpc) is 2.42. The molecule has 2 nitrogen and oxygen atoms in total. The summed E-state index contributed by atoms with van der Waals surface area (Å²) in [5, 5.41) is 0. The van der Waals surface area contributed by atoms with Crippen molar-refractivity contribution in [3.63, 3.8) is 0 Å². The zero-order valence-electron chi connectivity index (χ0n) is 10.1. The number of piperazine rings is 1. The lowest BCUT2D eigenvalue weighted by atomic mass is 9.73. The zero-order valence-corrected chi connectivity index (χ0v) is 10.1. The maximum Gasteiger partial charge on any atom is 0.129 e. The summed E-state index contributed by atoms with van der Waals surface area (Å²) in [4.78, 5) is 5.34. The summed E-state index contributed by atoms with van der Waals surface area (Å²) in [7, 11) is 2.44. The summed E-state index contributed by atoms with van der Waals surface area (Å²) < 4.78 is 0. The topological polar surface area (TPSA) is 6.48 Å². The van der Waals surface area contributed by atoms with Crippen LogP contribution in [0.1, 0.15) is 33.6 Å². The molecule has 2 rings (SSSR count). The van der Waals surface area contributed by atoms with E-state index in [0.717, 1.165) is 0 Å². The van der Waals surface area contributed by atoms with E-state index in [-0.39, 0.29) is 0 Å². The van der Waals surface area contributed by atoms with Crippen molar-refractivity contribution in [1.29, 1.82) is 0 Å². The number of fused-ring (bicyclic) bond motifs is 1. The van der Waals surface area contributed by atoms with Gasteiger partial charge >= 0.3 is 0 Å². The largest absolute Gasteiger partial charge is 0.303 e. The van der Waals surface area contributed by atoms with Crippen LogP contribution >= 0.6 is 0 Å². The highest BCUT2D eigenvalue weighted by molar-refractivity contribution is 6.15. The minimum atomic E-state index is 0.345. The van der Waals surface area contributed by atoms with Crippen molar-refractivity contribution in [2.45, 2.75) is 44.6 Å². The fourth-order valence-electron chi connectivity index (χ4n) is 2.94. The number of nitrogens with zero attached hydrogens (tertiary/aromatic N) is 2. The summed E-state index contributed by atoms with van der Waals surface area (Å²) >= 11 is 0. The lowest BCUT2D eigenvalue weighted by molar-refractivity contribution is 0.0235. The van der Waals surface area contributed by atoms with Crippen molar-refractivity contribution >= 4 is 7.85 Å². The van der Waals surface area contributed by atoms with E-state index in [1.54, 1.807) is 0 Å². The van der Waals surface area contributed by atoms with Crippen LogP contribution in [-0.2, 0) is 0 Å². The molecule has 2 heterocycles. The van der Waals surface area contributed by atoms with E-state index in [4.69, 9.17) is 0 Å². The van der Waals surface area contributed by atoms with Gasteiger partial charge in [0.05, 0.1) is 0 Å². The molecule has 80 valence electrons. The van der Waals surface area contributed by atoms with Crippen molar-refractivity contribution < 1.29 is 0 Å². The third-order valence-corrected chi connectivity index (χ3v) is 4.03. The van der Waals surface area contributed by atoms with Gasteiger partial charge in [-0.2, -0.15) is 0 Å². The Bertz CT molecular complexity index is 224. The predicted molar refractivity (Wildman–Crippen MR) is 63.4 cm³/mol. The van der Waals surface area contributed by atoms with Crippen LogP contribution in [0.25, 0.3) is 0 Å². The maximum atomic E-state index is 2.69. The smallest absolute Gasteiger partial charge is 0.129 e. The van der Waals surface area contributed by atoms with Gasteiger partial charge in [-0.3, -0.25) is 4.90 Å². The fraction of sp³-hybridized carbons (Fsp3) is 1.00. The first-order valence-corrected chi connectivity index (χ1v) is 5.92. The molecule has 2 aliphatic rings. The van der Waals surface area contributed by atoms with Crippen molar-refractivity contribution in [2.24, 2.45) is 0 Å². The van der Waals surface area contributed by atoms with E-state index in [2.05, 4.69) is 38.4 Å². The van der Waals surface area contributed by atoms with Gasteiger partial charge in [-0.05, 0) is 40.2 Å². The first kappa shape index (κ1) is 10.5. The van der Waals surface area contributed by atoms with Gasteiger partial charge < -0.3 is 4.90 Å². The van der Waals surface area contributed by atoms with Gasteiger partial charge in [0.1, 0.15) is 7.85 Å². The van der Waals surface area contributed by atoms with E-state index in [1.807, 2.05) is 0 Å². The molecule has 2 fully saturated rings. The molecule has 1 atom stereocenters. The van der Waals surface area contributed by atoms with Crippen molar-refractivity contribution in [1.82, 2.24) is 9.80 Å². The highest BCUT2D eigenvalue weighted by Crippen LogP contribution is 2.32. The standard InChI is InChI=1S/C11H23BN2/c1-10(2,3)14-8-7-13-6-4-5-11(13,12)9-14/h4-9,12H2,1-3H3/t11-/m1/s1. The third-order valence-electron chi connectivity index (χ3n) is 4.03. The van der Waals surface area contributed by atoms with Gasteiger partial charge in [0.25, 0.3) is 0 Å². The number of hydrogen-bond donors (Lipinski definition) is 0. The lowest BCUT2D eigenvalue weighted by Crippen LogP contribution is -2.63. The second-order valence-electron chi connectivity index (χ2n) is 6.18. The molecular formula is C11H23BN2. The third kappa shape index (κ3) is 1.72. The van der Waals surface area contributed by atoms with Crippen LogP contribution in [0.4, 0.5) is 0 Å². The Kier molecular flexibility index (Phi) is 2.43. The van der Waals surface area contributed by atoms with E-state index in [0.29, 0.717) is 11.0 Å². The fourth-order valence-corrected chi connectivity index (χ4v) is 2.94. The molecule has 2 aliphatic heterocycles. The molecule has 2 saturated heterocycles. The van der Waals surface area contributed by atoms with Crippen LogP contribution in [0.2, 0.25) is 0 Å². The Morgan fingerprint density at radius 3 is 2.50 bits per heavy atom. The molecule has 0 N–H and O–H groups in total. The Morgan fingerprint density at radius 1 is 1.14 bits per heavy atom. The highest BCUT2D eigenvalue weighted by atomic mass is 15.3. The van der Waals surface area contributed by atoms with E-state index in [9.17, 15) is 0 Å². The Hall–Kier alpha value is -0.0151. The first-order valence-electron chi connectivity index (χ1n) is 5.92. The van der Waals surface area contributed by atoms with Crippen LogP contribution in [0, 0.1) is 0 Å². The second kappa shape index (κ2) is 3.24. The minimum Gasteiger partial charge on any atom is -0.303 e. The molecule has 0 unspecified atom stereocenters. The van der Waals surface area contributed by atoms with Crippen LogP contribution in [0.5, 0.6) is 0 Å². The molecular weight excluding hydrogens is 171 g/mol. The molecule has 0 radical (unpaired) electrons. The SMILES string of the molecule is B[C@]12CCCN1CCN(C(C)(C)C)C2. The highest BCUT2D eigenvalue weighted by Gasteiger charge is 2.42. The summed E-state index contributed by atoms with van der Waals surface area (Å²) in [6, 6.07) is 0. The van der Waals surface area contributed by atoms with Crippen LogP contribution in [0.15, 0.2) is 0 Å². The van der Waals surface area contributed by atoms with Gasteiger partial charge in [0, 0.05) is 30.6 Å². The molecule has 14 heavy (non-hydrogen) atoms. The first-order chi connectivity index (χ1) is 6.42. The summed E-state index contributed by atoms with van der Waals surface area (Å²) in [5.74, 6) is 0. The summed E-state index contributed by atoms with van der Waals surface area (Å²) in [6.07, 6.45) is 2.79. The Labute approximate surface area is 89.0 Å². The zero-order chi connectivity index (χ0) is 10.4. The molecule has 0 saturated carbocycles. The maximum absolute atomic E-state index is 2.69. The van der Waals surface area contributed by atoms with E-state index < -0.39 is 0 Å². The van der Waals surface area contributed by atoms with Gasteiger partial charge in [0.2, 0.25) is 0 Å². The lowest BCUT2D eigenvalue weighted by Gasteiger charge is -2.50. The van der Waals surface area contributed by atoms with Gasteiger partial charge in [-0.25, -0.2) is 0 Å². The Morgan fingerprint density at radius 2 is 1.86 bits per heavy atom. The van der Waals surface area contributed by atoms with E-state index in [1.165, 1.54) is 39.0 Å². The van der Waals surface area contributed by atoms with Crippen LogP contribution in [0.3, 0.4) is 0 Å². The van der Waals surface area contributed by atoms with E-state index >= 15 is 0 Å². The quantitative estimate of drug-likeness (QED) is 0.519. The monoisotopic (exact) mass is 194 g/mol. The Balaban J connectivity index is 2.08. The number of hydrogen-bond acceptors (Lipinski definition) is 2. The summed E-state index contributed by atoms with van der Waals surface area (Å²) in [6.45, 7) is 12.1. The second-order valence-corrected chi connectivity index (χ2v) is 6.18. The molecule has 0 amide bonds. The average molecular weight is 194 g/mol. The molecule has 0 bridgehead atoms. The molecule has 0 aromatic heterocycles. The molecule has 0 aromatic carbocycles. The molecule has 0 aromatic rings. The van der Waals surface area contributed by atoms with Crippen molar-refractivity contribution in [2.75, 3.05) is 26.2 Å². The minimum absolute atomic E-state index is 0.345. The molecule has 3 heteroatoms. The van der Waals surface area contributed by atoms with Crippen molar-refractivity contribution in [3.05, 3.63) is 0 Å².